The first-order valence-corrected chi connectivity index (χ1v) is 10.6. The molecule has 1 saturated carbocycles. The normalized spacial score (nSPS) is 20.3. The Balaban J connectivity index is 1.44. The van der Waals surface area contributed by atoms with Crippen molar-refractivity contribution in [3.63, 3.8) is 0 Å². The highest BCUT2D eigenvalue weighted by molar-refractivity contribution is 6.00. The second-order valence-corrected chi connectivity index (χ2v) is 7.95. The van der Waals surface area contributed by atoms with Gasteiger partial charge in [0.1, 0.15) is 28.8 Å². The summed E-state index contributed by atoms with van der Waals surface area (Å²) in [6.45, 7) is 0.660. The Morgan fingerprint density at radius 1 is 1.22 bits per heavy atom. The van der Waals surface area contributed by atoms with Crippen LogP contribution in [0.5, 0.6) is 0 Å². The number of nitrogens with one attached hydrogen (secondary N) is 3. The molecule has 3 aromatic heterocycles. The van der Waals surface area contributed by atoms with E-state index < -0.39 is 6.10 Å². The van der Waals surface area contributed by atoms with Gasteiger partial charge in [-0.25, -0.2) is 9.97 Å². The van der Waals surface area contributed by atoms with Crippen LogP contribution in [0.1, 0.15) is 36.0 Å². The number of aromatic nitrogens is 4. The van der Waals surface area contributed by atoms with Crippen molar-refractivity contribution in [1.29, 1.82) is 0 Å². The van der Waals surface area contributed by atoms with Crippen LogP contribution in [0.2, 0.25) is 0 Å². The van der Waals surface area contributed by atoms with E-state index in [9.17, 15) is 14.7 Å². The third-order valence-electron chi connectivity index (χ3n) is 5.87. The zero-order chi connectivity index (χ0) is 22.2. The lowest BCUT2D eigenvalue weighted by atomic mass is 9.89. The molecule has 2 atom stereocenters. The SMILES string of the molecule is CNc1cc(Nc2cccc(N3CCCC3=O)n2)nc2c(C(=O)N[C@@H]3CC[C@@H]3O)cnn12. The topological polar surface area (TPSA) is 137 Å². The van der Waals surface area contributed by atoms with Gasteiger partial charge in [-0.05, 0) is 31.4 Å². The predicted molar refractivity (Wildman–Crippen MR) is 118 cm³/mol. The van der Waals surface area contributed by atoms with Gasteiger partial charge in [0.2, 0.25) is 5.91 Å². The average Bonchev–Trinajstić information content (AvgIpc) is 3.42. The van der Waals surface area contributed by atoms with Crippen molar-refractivity contribution < 1.29 is 14.7 Å². The number of pyridine rings is 1. The molecule has 0 bridgehead atoms. The molecule has 166 valence electrons. The summed E-state index contributed by atoms with van der Waals surface area (Å²) < 4.78 is 1.55. The van der Waals surface area contributed by atoms with E-state index in [2.05, 4.69) is 31.0 Å². The van der Waals surface area contributed by atoms with Gasteiger partial charge < -0.3 is 21.1 Å². The summed E-state index contributed by atoms with van der Waals surface area (Å²) in [5, 5.41) is 23.1. The summed E-state index contributed by atoms with van der Waals surface area (Å²) in [6, 6.07) is 6.93. The number of nitrogens with zero attached hydrogens (tertiary/aromatic N) is 5. The molecule has 2 amide bonds. The molecule has 11 nitrogen and oxygen atoms in total. The van der Waals surface area contributed by atoms with Gasteiger partial charge in [0, 0.05) is 26.1 Å². The van der Waals surface area contributed by atoms with E-state index in [1.807, 2.05) is 6.07 Å². The first-order valence-electron chi connectivity index (χ1n) is 10.6. The van der Waals surface area contributed by atoms with Crippen molar-refractivity contribution in [3.05, 3.63) is 36.0 Å². The molecule has 1 saturated heterocycles. The van der Waals surface area contributed by atoms with E-state index >= 15 is 0 Å². The van der Waals surface area contributed by atoms with Crippen molar-refractivity contribution in [2.75, 3.05) is 29.1 Å². The Morgan fingerprint density at radius 2 is 2.09 bits per heavy atom. The number of rotatable bonds is 6. The van der Waals surface area contributed by atoms with Gasteiger partial charge >= 0.3 is 0 Å². The Labute approximate surface area is 183 Å². The van der Waals surface area contributed by atoms with Gasteiger partial charge in [-0.3, -0.25) is 14.5 Å². The number of amides is 2. The number of hydrogen-bond donors (Lipinski definition) is 4. The maximum atomic E-state index is 12.8. The molecule has 11 heteroatoms. The van der Waals surface area contributed by atoms with Gasteiger partial charge in [0.25, 0.3) is 5.91 Å². The van der Waals surface area contributed by atoms with E-state index in [-0.39, 0.29) is 17.9 Å². The molecule has 4 N–H and O–H groups in total. The van der Waals surface area contributed by atoms with E-state index in [4.69, 9.17) is 0 Å². The average molecular weight is 436 g/mol. The largest absolute Gasteiger partial charge is 0.391 e. The molecule has 0 unspecified atom stereocenters. The molecule has 2 aliphatic rings. The van der Waals surface area contributed by atoms with Crippen LogP contribution in [-0.4, -0.2) is 62.2 Å². The van der Waals surface area contributed by atoms with Gasteiger partial charge in [-0.1, -0.05) is 6.07 Å². The number of fused-ring (bicyclic) bond motifs is 1. The second kappa shape index (κ2) is 8.08. The number of aliphatic hydroxyl groups is 1. The number of hydrogen-bond acceptors (Lipinski definition) is 8. The second-order valence-electron chi connectivity index (χ2n) is 7.95. The van der Waals surface area contributed by atoms with Crippen LogP contribution in [0.3, 0.4) is 0 Å². The summed E-state index contributed by atoms with van der Waals surface area (Å²) >= 11 is 0. The Bertz CT molecular complexity index is 1190. The maximum Gasteiger partial charge on any atom is 0.257 e. The number of anilines is 4. The standard InChI is InChI=1S/C21H24N8O3/c1-22-18-10-16(25-15-4-2-5-17(26-15)28-9-3-6-19(28)31)27-20-12(11-23-29(18)20)21(32)24-13-7-8-14(13)30/h2,4-5,10-11,13-14,22,30H,3,6-9H2,1H3,(H,24,32)(H,25,26,27)/t13-,14+/m1/s1. The van der Waals surface area contributed by atoms with E-state index in [0.29, 0.717) is 53.9 Å². The molecule has 2 fully saturated rings. The molecule has 1 aliphatic carbocycles. The van der Waals surface area contributed by atoms with Crippen LogP contribution in [0.25, 0.3) is 5.65 Å². The third-order valence-corrected chi connectivity index (χ3v) is 5.87. The molecule has 0 spiro atoms. The zero-order valence-corrected chi connectivity index (χ0v) is 17.6. The molecule has 0 aromatic carbocycles. The van der Waals surface area contributed by atoms with Crippen LogP contribution in [0.4, 0.5) is 23.3 Å². The summed E-state index contributed by atoms with van der Waals surface area (Å²) in [7, 11) is 1.75. The van der Waals surface area contributed by atoms with Crippen LogP contribution in [0.15, 0.2) is 30.5 Å². The summed E-state index contributed by atoms with van der Waals surface area (Å²) in [4.78, 5) is 35.6. The lowest BCUT2D eigenvalue weighted by Crippen LogP contribution is -2.50. The van der Waals surface area contributed by atoms with Crippen molar-refractivity contribution in [1.82, 2.24) is 24.9 Å². The highest BCUT2D eigenvalue weighted by Crippen LogP contribution is 2.25. The Morgan fingerprint density at radius 3 is 2.78 bits per heavy atom. The first-order chi connectivity index (χ1) is 15.5. The minimum Gasteiger partial charge on any atom is -0.391 e. The van der Waals surface area contributed by atoms with Crippen molar-refractivity contribution >= 4 is 40.7 Å². The van der Waals surface area contributed by atoms with Crippen molar-refractivity contribution in [2.45, 2.75) is 37.8 Å². The van der Waals surface area contributed by atoms with Gasteiger partial charge in [0.15, 0.2) is 5.65 Å². The molecule has 1 aliphatic heterocycles. The van der Waals surface area contributed by atoms with E-state index in [1.54, 1.807) is 34.7 Å². The van der Waals surface area contributed by atoms with E-state index in [0.717, 1.165) is 12.8 Å². The smallest absolute Gasteiger partial charge is 0.257 e. The van der Waals surface area contributed by atoms with Gasteiger partial charge in [-0.15, -0.1) is 0 Å². The van der Waals surface area contributed by atoms with Crippen LogP contribution in [-0.2, 0) is 4.79 Å². The zero-order valence-electron chi connectivity index (χ0n) is 17.6. The highest BCUT2D eigenvalue weighted by atomic mass is 16.3. The summed E-state index contributed by atoms with van der Waals surface area (Å²) in [6.07, 6.45) is 3.74. The molecular weight excluding hydrogens is 412 g/mol. The molecule has 3 aromatic rings. The fraction of sp³-hybridized carbons (Fsp3) is 0.381. The predicted octanol–water partition coefficient (Wildman–Crippen LogP) is 1.29. The lowest BCUT2D eigenvalue weighted by Gasteiger charge is -2.32. The fourth-order valence-corrected chi connectivity index (χ4v) is 3.93. The number of carbonyl (C=O) groups is 2. The first kappa shape index (κ1) is 20.2. The van der Waals surface area contributed by atoms with Crippen molar-refractivity contribution in [2.24, 2.45) is 0 Å². The van der Waals surface area contributed by atoms with Crippen LogP contribution < -0.4 is 20.9 Å². The monoisotopic (exact) mass is 436 g/mol. The molecule has 5 rings (SSSR count). The number of carbonyl (C=O) groups excluding carboxylic acids is 2. The van der Waals surface area contributed by atoms with Gasteiger partial charge in [0.05, 0.1) is 18.3 Å². The molecule has 32 heavy (non-hydrogen) atoms. The Hall–Kier alpha value is -3.73. The lowest BCUT2D eigenvalue weighted by molar-refractivity contribution is -0.117. The third kappa shape index (κ3) is 3.60. The molecule has 0 radical (unpaired) electrons. The van der Waals surface area contributed by atoms with Crippen LogP contribution in [0, 0.1) is 0 Å². The minimum atomic E-state index is -0.514. The highest BCUT2D eigenvalue weighted by Gasteiger charge is 2.31. The summed E-state index contributed by atoms with van der Waals surface area (Å²) in [5.41, 5.74) is 0.685. The van der Waals surface area contributed by atoms with Crippen LogP contribution >= 0.6 is 0 Å². The molecular formula is C21H24N8O3. The fourth-order valence-electron chi connectivity index (χ4n) is 3.93. The van der Waals surface area contributed by atoms with Crippen molar-refractivity contribution in [3.8, 4) is 0 Å². The maximum absolute atomic E-state index is 12.8. The quantitative estimate of drug-likeness (QED) is 0.454. The number of aliphatic hydroxyl groups excluding tert-OH is 1. The van der Waals surface area contributed by atoms with Gasteiger partial charge in [-0.2, -0.15) is 9.61 Å². The minimum absolute atomic E-state index is 0.0677. The van der Waals surface area contributed by atoms with E-state index in [1.165, 1.54) is 6.20 Å². The Kier molecular flexibility index (Phi) is 5.10. The molecule has 4 heterocycles. The summed E-state index contributed by atoms with van der Waals surface area (Å²) in [5.74, 6) is 1.96.